The van der Waals surface area contributed by atoms with Crippen molar-refractivity contribution in [3.8, 4) is 17.0 Å². The second-order valence-electron chi connectivity index (χ2n) is 6.89. The Kier molecular flexibility index (Phi) is 6.89. The van der Waals surface area contributed by atoms with Crippen molar-refractivity contribution in [2.24, 2.45) is 7.05 Å². The molecule has 0 radical (unpaired) electrons. The second-order valence-corrected chi connectivity index (χ2v) is 7.81. The number of aryl methyl sites for hydroxylation is 1. The molecule has 2 aromatic carbocycles. The highest BCUT2D eigenvalue weighted by molar-refractivity contribution is 9.10. The van der Waals surface area contributed by atoms with Gasteiger partial charge >= 0.3 is 0 Å². The molecule has 27 heavy (non-hydrogen) atoms. The van der Waals surface area contributed by atoms with E-state index in [0.717, 1.165) is 28.2 Å². The number of fused-ring (bicyclic) bond motifs is 1. The molecule has 1 heterocycles. The van der Waals surface area contributed by atoms with Crippen LogP contribution < -0.4 is 4.74 Å². The summed E-state index contributed by atoms with van der Waals surface area (Å²) >= 11 is 3.47. The van der Waals surface area contributed by atoms with Gasteiger partial charge in [-0.1, -0.05) is 55.0 Å². The summed E-state index contributed by atoms with van der Waals surface area (Å²) in [7, 11) is 1.87. The van der Waals surface area contributed by atoms with E-state index >= 15 is 0 Å². The highest BCUT2D eigenvalue weighted by Crippen LogP contribution is 2.32. The molecule has 0 unspecified atom stereocenters. The van der Waals surface area contributed by atoms with E-state index in [0.29, 0.717) is 23.6 Å². The summed E-state index contributed by atoms with van der Waals surface area (Å²) in [6.07, 6.45) is 7.25. The number of unbranched alkanes of at least 4 members (excludes halogenated alkanes) is 5. The van der Waals surface area contributed by atoms with E-state index in [1.807, 2.05) is 31.3 Å². The van der Waals surface area contributed by atoms with Gasteiger partial charge in [-0.2, -0.15) is 5.10 Å². The predicted molar refractivity (Wildman–Crippen MR) is 113 cm³/mol. The minimum atomic E-state index is -0.307. The van der Waals surface area contributed by atoms with Gasteiger partial charge < -0.3 is 4.74 Å². The molecule has 0 amide bonds. The van der Waals surface area contributed by atoms with Crippen LogP contribution in [0.5, 0.6) is 5.75 Å². The second kappa shape index (κ2) is 9.36. The zero-order chi connectivity index (χ0) is 19.2. The van der Waals surface area contributed by atoms with Crippen molar-refractivity contribution in [1.82, 2.24) is 9.78 Å². The van der Waals surface area contributed by atoms with E-state index in [-0.39, 0.29) is 5.82 Å². The Morgan fingerprint density at radius 3 is 2.59 bits per heavy atom. The third kappa shape index (κ3) is 4.89. The summed E-state index contributed by atoms with van der Waals surface area (Å²) in [6.45, 7) is 2.85. The van der Waals surface area contributed by atoms with Gasteiger partial charge in [-0.15, -0.1) is 0 Å². The van der Waals surface area contributed by atoms with Crippen molar-refractivity contribution in [3.63, 3.8) is 0 Å². The first-order valence-corrected chi connectivity index (χ1v) is 10.4. The lowest BCUT2D eigenvalue weighted by molar-refractivity contribution is 0.303. The summed E-state index contributed by atoms with van der Waals surface area (Å²) in [5, 5.41) is 5.45. The average molecular weight is 433 g/mol. The first kappa shape index (κ1) is 19.9. The quantitative estimate of drug-likeness (QED) is 0.344. The minimum Gasteiger partial charge on any atom is -0.493 e. The lowest BCUT2D eigenvalue weighted by Gasteiger charge is -2.08. The maximum Gasteiger partial charge on any atom is 0.136 e. The zero-order valence-corrected chi connectivity index (χ0v) is 17.6. The lowest BCUT2D eigenvalue weighted by atomic mass is 10.1. The van der Waals surface area contributed by atoms with Crippen molar-refractivity contribution in [2.75, 3.05) is 6.61 Å². The van der Waals surface area contributed by atoms with Crippen molar-refractivity contribution in [3.05, 3.63) is 46.7 Å². The van der Waals surface area contributed by atoms with E-state index in [2.05, 4.69) is 28.0 Å². The SMILES string of the molecule is CCCCCCCCOc1ccc(-c2nn(C)c3cc(Br)ccc23)c(F)c1. The Labute approximate surface area is 168 Å². The molecule has 0 bridgehead atoms. The van der Waals surface area contributed by atoms with E-state index in [4.69, 9.17) is 4.74 Å². The third-order valence-electron chi connectivity index (χ3n) is 4.78. The third-order valence-corrected chi connectivity index (χ3v) is 5.27. The molecule has 0 atom stereocenters. The summed E-state index contributed by atoms with van der Waals surface area (Å²) in [4.78, 5) is 0. The van der Waals surface area contributed by atoms with Crippen LogP contribution in [-0.2, 0) is 7.05 Å². The number of hydrogen-bond donors (Lipinski definition) is 0. The number of nitrogens with zero attached hydrogens (tertiary/aromatic N) is 2. The number of hydrogen-bond acceptors (Lipinski definition) is 2. The molecule has 0 N–H and O–H groups in total. The van der Waals surface area contributed by atoms with Crippen molar-refractivity contribution in [2.45, 2.75) is 45.4 Å². The smallest absolute Gasteiger partial charge is 0.136 e. The van der Waals surface area contributed by atoms with Crippen LogP contribution in [0.15, 0.2) is 40.9 Å². The molecule has 3 rings (SSSR count). The van der Waals surface area contributed by atoms with Crippen LogP contribution >= 0.6 is 15.9 Å². The summed E-state index contributed by atoms with van der Waals surface area (Å²) < 4.78 is 23.2. The Morgan fingerprint density at radius 1 is 1.04 bits per heavy atom. The Balaban J connectivity index is 1.67. The number of aromatic nitrogens is 2. The normalized spacial score (nSPS) is 11.3. The first-order chi connectivity index (χ1) is 13.1. The minimum absolute atomic E-state index is 0.307. The number of halogens is 2. The van der Waals surface area contributed by atoms with Crippen molar-refractivity contribution in [1.29, 1.82) is 0 Å². The van der Waals surface area contributed by atoms with Crippen LogP contribution in [0.4, 0.5) is 4.39 Å². The van der Waals surface area contributed by atoms with Gasteiger partial charge in [0, 0.05) is 28.5 Å². The molecular formula is C22H26BrFN2O. The van der Waals surface area contributed by atoms with Gasteiger partial charge in [0.1, 0.15) is 17.3 Å². The van der Waals surface area contributed by atoms with Crippen LogP contribution in [0.3, 0.4) is 0 Å². The molecule has 0 aliphatic carbocycles. The van der Waals surface area contributed by atoms with Crippen LogP contribution in [0, 0.1) is 5.82 Å². The van der Waals surface area contributed by atoms with Gasteiger partial charge in [-0.25, -0.2) is 4.39 Å². The summed E-state index contributed by atoms with van der Waals surface area (Å²) in [6, 6.07) is 11.0. The summed E-state index contributed by atoms with van der Waals surface area (Å²) in [5.74, 6) is 0.270. The number of rotatable bonds is 9. The van der Waals surface area contributed by atoms with Gasteiger partial charge in [-0.3, -0.25) is 4.68 Å². The fraction of sp³-hybridized carbons (Fsp3) is 0.409. The zero-order valence-electron chi connectivity index (χ0n) is 16.0. The highest BCUT2D eigenvalue weighted by Gasteiger charge is 2.15. The topological polar surface area (TPSA) is 27.1 Å². The fourth-order valence-electron chi connectivity index (χ4n) is 3.28. The first-order valence-electron chi connectivity index (χ1n) is 9.65. The van der Waals surface area contributed by atoms with Crippen molar-refractivity contribution < 1.29 is 9.13 Å². The highest BCUT2D eigenvalue weighted by atomic mass is 79.9. The molecule has 144 valence electrons. The molecule has 0 spiro atoms. The maximum absolute atomic E-state index is 14.7. The van der Waals surface area contributed by atoms with Crippen LogP contribution in [-0.4, -0.2) is 16.4 Å². The van der Waals surface area contributed by atoms with Gasteiger partial charge in [0.2, 0.25) is 0 Å². The molecule has 0 fully saturated rings. The standard InChI is InChI=1S/C22H26BrFN2O/c1-3-4-5-6-7-8-13-27-17-10-12-18(20(24)15-17)22-19-11-9-16(23)14-21(19)26(2)25-22/h9-12,14-15H,3-8,13H2,1-2H3. The van der Waals surface area contributed by atoms with Gasteiger partial charge in [-0.05, 0) is 36.8 Å². The van der Waals surface area contributed by atoms with Gasteiger partial charge in [0.25, 0.3) is 0 Å². The molecule has 5 heteroatoms. The monoisotopic (exact) mass is 432 g/mol. The predicted octanol–water partition coefficient (Wildman–Crippen LogP) is 6.88. The van der Waals surface area contributed by atoms with E-state index in [9.17, 15) is 4.39 Å². The Morgan fingerprint density at radius 2 is 1.81 bits per heavy atom. The molecule has 0 saturated carbocycles. The van der Waals surface area contributed by atoms with Gasteiger partial charge in [0.15, 0.2) is 0 Å². The summed E-state index contributed by atoms with van der Waals surface area (Å²) in [5.41, 5.74) is 2.11. The van der Waals surface area contributed by atoms with E-state index in [1.54, 1.807) is 10.7 Å². The lowest BCUT2D eigenvalue weighted by Crippen LogP contribution is -1.98. The number of benzene rings is 2. The molecule has 3 nitrogen and oxygen atoms in total. The Hall–Kier alpha value is -1.88. The molecule has 0 saturated heterocycles. The number of ether oxygens (including phenoxy) is 1. The van der Waals surface area contributed by atoms with Crippen molar-refractivity contribution >= 4 is 26.8 Å². The van der Waals surface area contributed by atoms with Crippen LogP contribution in [0.25, 0.3) is 22.2 Å². The molecule has 1 aromatic heterocycles. The largest absolute Gasteiger partial charge is 0.493 e. The van der Waals surface area contributed by atoms with Gasteiger partial charge in [0.05, 0.1) is 12.1 Å². The molecule has 0 aliphatic rings. The molecular weight excluding hydrogens is 407 g/mol. The van der Waals surface area contributed by atoms with E-state index in [1.165, 1.54) is 31.7 Å². The molecule has 3 aromatic rings. The molecule has 0 aliphatic heterocycles. The fourth-order valence-corrected chi connectivity index (χ4v) is 3.63. The van der Waals surface area contributed by atoms with Crippen LogP contribution in [0.1, 0.15) is 45.4 Å². The average Bonchev–Trinajstić information content (AvgIpc) is 2.97. The van der Waals surface area contributed by atoms with E-state index < -0.39 is 0 Å². The van der Waals surface area contributed by atoms with Crippen LogP contribution in [0.2, 0.25) is 0 Å². The maximum atomic E-state index is 14.7. The Bertz CT molecular complexity index is 907.